The van der Waals surface area contributed by atoms with Gasteiger partial charge in [-0.25, -0.2) is 0 Å². The second kappa shape index (κ2) is 21.1. The zero-order valence-electron chi connectivity index (χ0n) is 33.1. The van der Waals surface area contributed by atoms with E-state index in [-0.39, 0.29) is 17.7 Å². The van der Waals surface area contributed by atoms with Gasteiger partial charge in [-0.2, -0.15) is 51.6 Å². The summed E-state index contributed by atoms with van der Waals surface area (Å²) < 4.78 is 120. The van der Waals surface area contributed by atoms with Crippen molar-refractivity contribution in [2.75, 3.05) is 0 Å². The van der Waals surface area contributed by atoms with E-state index in [0.29, 0.717) is 29.2 Å². The van der Waals surface area contributed by atoms with Crippen LogP contribution in [-0.4, -0.2) is 28.0 Å². The number of halogens is 11. The first-order chi connectivity index (χ1) is 27.2. The zero-order valence-corrected chi connectivity index (χ0v) is 38.1. The number of aryl methyl sites for hydroxylation is 1. The molecule has 0 saturated heterocycles. The summed E-state index contributed by atoms with van der Waals surface area (Å²) in [7, 11) is 11.0. The topological polar surface area (TPSA) is 0 Å². The third kappa shape index (κ3) is 11.1. The third-order valence-electron chi connectivity index (χ3n) is 9.97. The number of benzene rings is 4. The van der Waals surface area contributed by atoms with E-state index in [1.54, 1.807) is 18.2 Å². The first kappa shape index (κ1) is 49.5. The fourth-order valence-corrected chi connectivity index (χ4v) is 6.70. The number of hydrogen-bond donors (Lipinski definition) is 0. The second-order valence-corrected chi connectivity index (χ2v) is 18.8. The third-order valence-corrected chi connectivity index (χ3v) is 9.97. The van der Waals surface area contributed by atoms with Gasteiger partial charge in [0.2, 0.25) is 0 Å². The molecule has 0 spiro atoms. The molecule has 0 fully saturated rings. The molecule has 0 aliphatic heterocycles. The molecule has 0 aliphatic carbocycles. The van der Waals surface area contributed by atoms with Crippen LogP contribution in [0.15, 0.2) is 109 Å². The monoisotopic (exact) mass is 944 g/mol. The molecule has 6 rings (SSSR count). The predicted molar refractivity (Wildman–Crippen MR) is 221 cm³/mol. The number of fused-ring (bicyclic) bond motifs is 2. The van der Waals surface area contributed by atoms with Crippen molar-refractivity contribution in [1.82, 2.24) is 0 Å². The van der Waals surface area contributed by atoms with E-state index in [9.17, 15) is 39.5 Å². The van der Waals surface area contributed by atoms with Gasteiger partial charge in [-0.1, -0.05) is 126 Å². The van der Waals surface area contributed by atoms with Crippen LogP contribution in [0, 0.1) is 0 Å². The average Bonchev–Trinajstić information content (AvgIpc) is 3.79. The summed E-state index contributed by atoms with van der Waals surface area (Å²) in [5.74, 6) is 1.21. The Kier molecular flexibility index (Phi) is 18.0. The fraction of sp³-hybridized carbons (Fsp3) is 0.333. The molecule has 58 heavy (non-hydrogen) atoms. The molecule has 0 nitrogen and oxygen atoms in total. The normalized spacial score (nSPS) is 12.5. The Balaban J connectivity index is 0.000000282. The van der Waals surface area contributed by atoms with E-state index in [2.05, 4.69) is 95.4 Å². The minimum absolute atomic E-state index is 0.207. The summed E-state index contributed by atoms with van der Waals surface area (Å²) in [5.41, 5.74) is -0.704. The van der Waals surface area contributed by atoms with Gasteiger partial charge in [0.15, 0.2) is 0 Å². The van der Waals surface area contributed by atoms with Crippen molar-refractivity contribution in [2.45, 2.75) is 96.3 Å². The van der Waals surface area contributed by atoms with Gasteiger partial charge in [0.25, 0.3) is 5.41 Å². The van der Waals surface area contributed by atoms with Crippen molar-refractivity contribution < 1.29 is 60.4 Å². The van der Waals surface area contributed by atoms with Crippen molar-refractivity contribution in [2.24, 2.45) is 0 Å². The summed E-state index contributed by atoms with van der Waals surface area (Å²) in [6.07, 6.45) is -18.0. The zero-order chi connectivity index (χ0) is 43.6. The van der Waals surface area contributed by atoms with Gasteiger partial charge in [-0.15, -0.1) is 69.1 Å². The Morgan fingerprint density at radius 1 is 0.621 bits per heavy atom. The Morgan fingerprint density at radius 2 is 1.03 bits per heavy atom. The molecule has 310 valence electrons. The van der Waals surface area contributed by atoms with Crippen molar-refractivity contribution >= 4 is 48.1 Å². The van der Waals surface area contributed by atoms with E-state index in [0.717, 1.165) is 32.6 Å². The van der Waals surface area contributed by atoms with Crippen molar-refractivity contribution in [1.29, 1.82) is 0 Å². The molecule has 0 amide bonds. The molecule has 0 N–H and O–H groups in total. The molecule has 0 aliphatic rings. The molecule has 13 heteroatoms. The molecule has 1 unspecified atom stereocenters. The molecule has 1 atom stereocenters. The van der Waals surface area contributed by atoms with Crippen molar-refractivity contribution in [3.05, 3.63) is 131 Å². The van der Waals surface area contributed by atoms with Crippen LogP contribution in [0.25, 0.3) is 43.8 Å². The van der Waals surface area contributed by atoms with Gasteiger partial charge in [0.05, 0.1) is 0 Å². The fourth-order valence-electron chi connectivity index (χ4n) is 6.70. The first-order valence-corrected chi connectivity index (χ1v) is 26.8. The van der Waals surface area contributed by atoms with Crippen LogP contribution >= 0.6 is 17.0 Å². The first-order valence-electron chi connectivity index (χ1n) is 18.5. The van der Waals surface area contributed by atoms with Crippen molar-refractivity contribution in [3.63, 3.8) is 0 Å². The van der Waals surface area contributed by atoms with Gasteiger partial charge in [-0.05, 0) is 40.5 Å². The molecule has 0 saturated carbocycles. The summed E-state index contributed by atoms with van der Waals surface area (Å²) in [6.45, 7) is 15.3. The maximum absolute atomic E-state index is 13.3. The van der Waals surface area contributed by atoms with Crippen molar-refractivity contribution in [3.8, 4) is 22.3 Å². The molecular weight excluding hydrogens is 902 g/mol. The van der Waals surface area contributed by atoms with Gasteiger partial charge in [0, 0.05) is 9.52 Å². The summed E-state index contributed by atoms with van der Waals surface area (Å²) >= 11 is -0.826. The van der Waals surface area contributed by atoms with E-state index in [1.807, 2.05) is 19.1 Å². The molecule has 0 bridgehead atoms. The quantitative estimate of drug-likeness (QED) is 0.0850. The van der Waals surface area contributed by atoms with Gasteiger partial charge in [-0.3, -0.25) is 0 Å². The van der Waals surface area contributed by atoms with Crippen LogP contribution in [0.3, 0.4) is 0 Å². The number of alkyl halides is 9. The molecular formula is C45H45Cl2F9SiZr. The van der Waals surface area contributed by atoms with Crippen LogP contribution in [0.5, 0.6) is 0 Å². The molecule has 2 radical (unpaired) electrons. The predicted octanol–water partition coefficient (Wildman–Crippen LogP) is 16.7. The average molecular weight is 947 g/mol. The summed E-state index contributed by atoms with van der Waals surface area (Å²) in [5, 5.41) is 4.26. The Labute approximate surface area is 356 Å². The Hall–Kier alpha value is -2.85. The molecule has 6 aromatic carbocycles. The van der Waals surface area contributed by atoms with Crippen LogP contribution < -0.4 is 0 Å². The van der Waals surface area contributed by atoms with Crippen LogP contribution in [0.2, 0.25) is 13.1 Å². The Bertz CT molecular complexity index is 2120. The minimum atomic E-state index is -6.63. The van der Waals surface area contributed by atoms with Crippen LogP contribution in [-0.2, 0) is 32.7 Å². The number of rotatable bonds is 7. The van der Waals surface area contributed by atoms with Crippen LogP contribution in [0.4, 0.5) is 39.5 Å². The SMILES string of the molecule is CCC(C)c1cc2c(-c3ccc(C(C)C)cc3)cccc2[cH-]1.CCc1cc2c(-c3ccc(C(C(F)(F)F)(C(F)(F)F)C(F)(F)F)cc3)cccc2[cH-]1.C[Si]C.[Cl][Zr+2][Cl]. The summed E-state index contributed by atoms with van der Waals surface area (Å²) in [6, 6.07) is 31.4. The van der Waals surface area contributed by atoms with E-state index in [4.69, 9.17) is 17.0 Å². The molecule has 0 aromatic heterocycles. The second-order valence-electron chi connectivity index (χ2n) is 14.1. The van der Waals surface area contributed by atoms with Gasteiger partial charge < -0.3 is 0 Å². The summed E-state index contributed by atoms with van der Waals surface area (Å²) in [4.78, 5) is 0. The standard InChI is InChI=1S/C22H25.C21H14F9.C2H6Si.2ClH.Zr/c1-5-16(4)20-13-19-7-6-8-21(22(19)14-20)18-11-9-17(10-12-18)15(2)3;1-2-12-10-14-4-3-5-16(17(14)11-12)13-6-8-15(9-7-13)18(19(22,23)24,20(25,26)27)21(28,29)30;1-3-2;;;/h6-16H,5H2,1-4H3;3-11H,2H2,1H3;1-2H3;2*1H;/q2*-1;;;;+4/p-2. The van der Waals surface area contributed by atoms with Gasteiger partial charge >= 0.3 is 56.4 Å². The van der Waals surface area contributed by atoms with E-state index >= 15 is 0 Å². The maximum atomic E-state index is 13.3. The van der Waals surface area contributed by atoms with E-state index < -0.39 is 50.4 Å². The number of hydrogen-bond acceptors (Lipinski definition) is 0. The molecule has 6 aromatic rings. The van der Waals surface area contributed by atoms with Crippen LogP contribution in [0.1, 0.15) is 75.1 Å². The molecule has 0 heterocycles. The van der Waals surface area contributed by atoms with E-state index in [1.165, 1.54) is 39.4 Å². The Morgan fingerprint density at radius 3 is 1.43 bits per heavy atom. The van der Waals surface area contributed by atoms with Gasteiger partial charge in [0.1, 0.15) is 0 Å².